The molecule has 0 radical (unpaired) electrons. The monoisotopic (exact) mass is 275 g/mol. The van der Waals surface area contributed by atoms with Gasteiger partial charge in [0.25, 0.3) is 0 Å². The van der Waals surface area contributed by atoms with Gasteiger partial charge in [0.2, 0.25) is 0 Å². The molecular weight excluding hydrogens is 258 g/mol. The zero-order valence-corrected chi connectivity index (χ0v) is 11.2. The summed E-state index contributed by atoms with van der Waals surface area (Å²) in [5.41, 5.74) is 0.505. The Morgan fingerprint density at radius 1 is 1.30 bits per heavy atom. The molecule has 106 valence electrons. The number of ether oxygens (including phenoxy) is 2. The Morgan fingerprint density at radius 3 is 2.80 bits per heavy atom. The molecule has 0 aliphatic carbocycles. The molecule has 2 aliphatic rings. The standard InChI is InChI=1S/C15H17NO4/c17-13-6-7-15(20-13)8-9-16(11-15)14(18)19-10-12-4-2-1-3-5-12/h1-5H,6-11H2. The minimum atomic E-state index is -0.456. The van der Waals surface area contributed by atoms with Crippen molar-refractivity contribution in [2.75, 3.05) is 13.1 Å². The van der Waals surface area contributed by atoms with Crippen LogP contribution in [0.15, 0.2) is 30.3 Å². The number of carbonyl (C=O) groups is 2. The number of likely N-dealkylation sites (tertiary alicyclic amines) is 1. The van der Waals surface area contributed by atoms with Crippen molar-refractivity contribution in [1.29, 1.82) is 0 Å². The van der Waals surface area contributed by atoms with Crippen LogP contribution in [0.2, 0.25) is 0 Å². The number of hydrogen-bond acceptors (Lipinski definition) is 4. The lowest BCUT2D eigenvalue weighted by molar-refractivity contribution is -0.147. The third kappa shape index (κ3) is 2.61. The van der Waals surface area contributed by atoms with Crippen molar-refractivity contribution in [2.24, 2.45) is 0 Å². The smallest absolute Gasteiger partial charge is 0.410 e. The second-order valence-electron chi connectivity index (χ2n) is 5.37. The van der Waals surface area contributed by atoms with E-state index in [4.69, 9.17) is 9.47 Å². The van der Waals surface area contributed by atoms with Crippen molar-refractivity contribution in [3.8, 4) is 0 Å². The second kappa shape index (κ2) is 5.15. The lowest BCUT2D eigenvalue weighted by atomic mass is 10.00. The first-order valence-electron chi connectivity index (χ1n) is 6.84. The normalized spacial score (nSPS) is 25.0. The van der Waals surface area contributed by atoms with Crippen LogP contribution in [0.4, 0.5) is 4.79 Å². The van der Waals surface area contributed by atoms with Gasteiger partial charge in [-0.25, -0.2) is 4.79 Å². The summed E-state index contributed by atoms with van der Waals surface area (Å²) in [6.45, 7) is 1.30. The lowest BCUT2D eigenvalue weighted by Gasteiger charge is -2.22. The van der Waals surface area contributed by atoms with Crippen molar-refractivity contribution in [2.45, 2.75) is 31.5 Å². The Morgan fingerprint density at radius 2 is 2.10 bits per heavy atom. The summed E-state index contributed by atoms with van der Waals surface area (Å²) < 4.78 is 10.7. The Kier molecular flexibility index (Phi) is 3.34. The molecule has 2 heterocycles. The molecule has 5 nitrogen and oxygen atoms in total. The average Bonchev–Trinajstić information content (AvgIpc) is 3.04. The van der Waals surface area contributed by atoms with Gasteiger partial charge in [-0.05, 0) is 12.0 Å². The van der Waals surface area contributed by atoms with Gasteiger partial charge in [-0.3, -0.25) is 4.79 Å². The van der Waals surface area contributed by atoms with Crippen molar-refractivity contribution in [3.63, 3.8) is 0 Å². The molecule has 1 aromatic rings. The first-order valence-corrected chi connectivity index (χ1v) is 6.84. The highest BCUT2D eigenvalue weighted by atomic mass is 16.6. The number of esters is 1. The summed E-state index contributed by atoms with van der Waals surface area (Å²) in [5.74, 6) is -0.162. The van der Waals surface area contributed by atoms with E-state index >= 15 is 0 Å². The topological polar surface area (TPSA) is 55.8 Å². The van der Waals surface area contributed by atoms with E-state index in [9.17, 15) is 9.59 Å². The van der Waals surface area contributed by atoms with Crippen LogP contribution in [0.3, 0.4) is 0 Å². The van der Waals surface area contributed by atoms with Crippen LogP contribution in [0.1, 0.15) is 24.8 Å². The Balaban J connectivity index is 1.53. The lowest BCUT2D eigenvalue weighted by Crippen LogP contribution is -2.36. The molecule has 0 N–H and O–H groups in total. The van der Waals surface area contributed by atoms with Gasteiger partial charge in [-0.2, -0.15) is 0 Å². The van der Waals surface area contributed by atoms with Gasteiger partial charge in [-0.1, -0.05) is 30.3 Å². The third-order valence-electron chi connectivity index (χ3n) is 3.89. The maximum Gasteiger partial charge on any atom is 0.410 e. The van der Waals surface area contributed by atoms with Gasteiger partial charge >= 0.3 is 12.1 Å². The molecule has 2 saturated heterocycles. The molecule has 5 heteroatoms. The van der Waals surface area contributed by atoms with E-state index in [2.05, 4.69) is 0 Å². The van der Waals surface area contributed by atoms with Crippen LogP contribution in [0, 0.1) is 0 Å². The van der Waals surface area contributed by atoms with Gasteiger partial charge < -0.3 is 14.4 Å². The number of benzene rings is 1. The average molecular weight is 275 g/mol. The van der Waals surface area contributed by atoms with Crippen LogP contribution in [-0.2, 0) is 20.9 Å². The van der Waals surface area contributed by atoms with Gasteiger partial charge in [-0.15, -0.1) is 0 Å². The predicted molar refractivity (Wildman–Crippen MR) is 70.9 cm³/mol. The van der Waals surface area contributed by atoms with Gasteiger partial charge in [0.1, 0.15) is 12.2 Å². The van der Waals surface area contributed by atoms with Gasteiger partial charge in [0.15, 0.2) is 0 Å². The molecule has 20 heavy (non-hydrogen) atoms. The molecule has 0 saturated carbocycles. The first-order chi connectivity index (χ1) is 9.67. The van der Waals surface area contributed by atoms with Crippen molar-refractivity contribution in [1.82, 2.24) is 4.90 Å². The molecule has 1 unspecified atom stereocenters. The molecule has 1 atom stereocenters. The molecule has 2 fully saturated rings. The van der Waals surface area contributed by atoms with Crippen LogP contribution >= 0.6 is 0 Å². The summed E-state index contributed by atoms with van der Waals surface area (Å²) in [6, 6.07) is 9.57. The summed E-state index contributed by atoms with van der Waals surface area (Å²) in [6.07, 6.45) is 1.52. The summed E-state index contributed by atoms with van der Waals surface area (Å²) >= 11 is 0. The van der Waals surface area contributed by atoms with E-state index in [1.54, 1.807) is 4.90 Å². The molecule has 1 aromatic carbocycles. The molecule has 0 bridgehead atoms. The zero-order valence-electron chi connectivity index (χ0n) is 11.2. The highest BCUT2D eigenvalue weighted by Crippen LogP contribution is 2.35. The first kappa shape index (κ1) is 13.0. The van der Waals surface area contributed by atoms with Crippen molar-refractivity contribution < 1.29 is 19.1 Å². The van der Waals surface area contributed by atoms with E-state index < -0.39 is 5.60 Å². The summed E-state index contributed by atoms with van der Waals surface area (Å²) in [7, 11) is 0. The quantitative estimate of drug-likeness (QED) is 0.776. The largest absolute Gasteiger partial charge is 0.457 e. The Labute approximate surface area is 117 Å². The minimum Gasteiger partial charge on any atom is -0.457 e. The van der Waals surface area contributed by atoms with E-state index in [1.165, 1.54) is 0 Å². The molecule has 1 spiro atoms. The van der Waals surface area contributed by atoms with Crippen LogP contribution in [0.25, 0.3) is 0 Å². The molecule has 2 aliphatic heterocycles. The summed E-state index contributed by atoms with van der Waals surface area (Å²) in [5, 5.41) is 0. The minimum absolute atomic E-state index is 0.162. The van der Waals surface area contributed by atoms with Crippen LogP contribution in [0.5, 0.6) is 0 Å². The number of carbonyl (C=O) groups excluding carboxylic acids is 2. The van der Waals surface area contributed by atoms with E-state index in [0.717, 1.165) is 5.56 Å². The van der Waals surface area contributed by atoms with E-state index in [-0.39, 0.29) is 18.7 Å². The van der Waals surface area contributed by atoms with E-state index in [0.29, 0.717) is 32.4 Å². The predicted octanol–water partition coefficient (Wildman–Crippen LogP) is 2.10. The SMILES string of the molecule is O=C1CCC2(CCN(C(=O)OCc3ccccc3)C2)O1. The summed E-state index contributed by atoms with van der Waals surface area (Å²) in [4.78, 5) is 24.9. The Hall–Kier alpha value is -2.04. The van der Waals surface area contributed by atoms with Crippen LogP contribution < -0.4 is 0 Å². The number of rotatable bonds is 2. The Bertz CT molecular complexity index is 516. The maximum absolute atomic E-state index is 12.0. The second-order valence-corrected chi connectivity index (χ2v) is 5.37. The molecule has 1 amide bonds. The maximum atomic E-state index is 12.0. The fourth-order valence-electron chi connectivity index (χ4n) is 2.77. The van der Waals surface area contributed by atoms with E-state index in [1.807, 2.05) is 30.3 Å². The van der Waals surface area contributed by atoms with Crippen LogP contribution in [-0.4, -0.2) is 35.7 Å². The molecule has 3 rings (SSSR count). The number of nitrogens with zero attached hydrogens (tertiary/aromatic N) is 1. The van der Waals surface area contributed by atoms with Crippen molar-refractivity contribution >= 4 is 12.1 Å². The highest BCUT2D eigenvalue weighted by Gasteiger charge is 2.47. The van der Waals surface area contributed by atoms with Crippen molar-refractivity contribution in [3.05, 3.63) is 35.9 Å². The number of hydrogen-bond donors (Lipinski definition) is 0. The fourth-order valence-corrected chi connectivity index (χ4v) is 2.77. The zero-order chi connectivity index (χ0) is 14.0. The molecule has 0 aromatic heterocycles. The number of amides is 1. The molecular formula is C15H17NO4. The fraction of sp³-hybridized carbons (Fsp3) is 0.467. The third-order valence-corrected chi connectivity index (χ3v) is 3.89. The van der Waals surface area contributed by atoms with Gasteiger partial charge in [0.05, 0.1) is 6.54 Å². The highest BCUT2D eigenvalue weighted by molar-refractivity contribution is 5.73. The van der Waals surface area contributed by atoms with Gasteiger partial charge in [0, 0.05) is 19.4 Å².